The molecule has 3 nitrogen and oxygen atoms in total. The van der Waals surface area contributed by atoms with Gasteiger partial charge in [0, 0.05) is 6.54 Å². The number of rotatable bonds is 3. The van der Waals surface area contributed by atoms with Crippen molar-refractivity contribution in [2.24, 2.45) is 5.73 Å². The Morgan fingerprint density at radius 2 is 2.42 bits per heavy atom. The molecule has 1 unspecified atom stereocenters. The molecule has 68 valence electrons. The van der Waals surface area contributed by atoms with Crippen molar-refractivity contribution in [1.82, 2.24) is 0 Å². The lowest BCUT2D eigenvalue weighted by Gasteiger charge is -2.05. The van der Waals surface area contributed by atoms with Gasteiger partial charge in [-0.1, -0.05) is 0 Å². The van der Waals surface area contributed by atoms with Crippen molar-refractivity contribution >= 4 is 29.7 Å². The highest BCUT2D eigenvalue weighted by Gasteiger charge is 2.17. The summed E-state index contributed by atoms with van der Waals surface area (Å²) in [5, 5.41) is 12.3. The van der Waals surface area contributed by atoms with Crippen molar-refractivity contribution in [1.29, 1.82) is 0 Å². The lowest BCUT2D eigenvalue weighted by atomic mass is 10.0. The molecule has 0 spiro atoms. The van der Waals surface area contributed by atoms with Crippen LogP contribution < -0.4 is 5.73 Å². The van der Waals surface area contributed by atoms with Crippen molar-refractivity contribution in [3.63, 3.8) is 0 Å². The minimum absolute atomic E-state index is 0. The molecule has 1 aromatic rings. The molecule has 1 aromatic heterocycles. The molecule has 3 N–H and O–H groups in total. The molecule has 0 radical (unpaired) electrons. The molecule has 5 heteroatoms. The Balaban J connectivity index is 0.00000121. The summed E-state index contributed by atoms with van der Waals surface area (Å²) in [6.07, 6.45) is 0. The number of aliphatic carboxylic acids is 1. The van der Waals surface area contributed by atoms with E-state index in [1.54, 1.807) is 6.07 Å². The summed E-state index contributed by atoms with van der Waals surface area (Å²) in [6.45, 7) is 0.159. The third kappa shape index (κ3) is 2.48. The molecular weight excluding hydrogens is 198 g/mol. The highest BCUT2D eigenvalue weighted by molar-refractivity contribution is 7.08. The van der Waals surface area contributed by atoms with Crippen LogP contribution in [0.2, 0.25) is 0 Å². The van der Waals surface area contributed by atoms with E-state index in [1.807, 2.05) is 10.8 Å². The molecule has 0 fully saturated rings. The molecule has 0 saturated heterocycles. The van der Waals surface area contributed by atoms with Crippen LogP contribution in [0.1, 0.15) is 11.5 Å². The number of hydrogen-bond donors (Lipinski definition) is 2. The van der Waals surface area contributed by atoms with Gasteiger partial charge >= 0.3 is 5.97 Å². The molecule has 0 aliphatic heterocycles. The molecule has 0 aromatic carbocycles. The first kappa shape index (κ1) is 11.4. The van der Waals surface area contributed by atoms with Gasteiger partial charge in [-0.05, 0) is 22.4 Å². The SMILES string of the molecule is Cl.NCC(C(=O)O)c1ccsc1. The fourth-order valence-corrected chi connectivity index (χ4v) is 1.57. The molecular formula is C7H10ClNO2S. The second-order valence-electron chi connectivity index (χ2n) is 2.18. The van der Waals surface area contributed by atoms with Crippen LogP contribution in [0, 0.1) is 0 Å². The highest BCUT2D eigenvalue weighted by atomic mass is 35.5. The first-order valence-electron chi connectivity index (χ1n) is 3.20. The van der Waals surface area contributed by atoms with Crippen LogP contribution in [-0.2, 0) is 4.79 Å². The van der Waals surface area contributed by atoms with Crippen LogP contribution >= 0.6 is 23.7 Å². The largest absolute Gasteiger partial charge is 0.481 e. The van der Waals surface area contributed by atoms with Gasteiger partial charge in [-0.25, -0.2) is 0 Å². The number of thiophene rings is 1. The van der Waals surface area contributed by atoms with Crippen LogP contribution in [0.4, 0.5) is 0 Å². The number of halogens is 1. The Hall–Kier alpha value is -0.580. The van der Waals surface area contributed by atoms with Crippen LogP contribution in [0.25, 0.3) is 0 Å². The van der Waals surface area contributed by atoms with Crippen LogP contribution in [-0.4, -0.2) is 17.6 Å². The van der Waals surface area contributed by atoms with E-state index in [2.05, 4.69) is 0 Å². The molecule has 1 heterocycles. The fourth-order valence-electron chi connectivity index (χ4n) is 0.853. The lowest BCUT2D eigenvalue weighted by molar-refractivity contribution is -0.138. The number of carboxylic acid groups (broad SMARTS) is 1. The third-order valence-corrected chi connectivity index (χ3v) is 2.18. The van der Waals surface area contributed by atoms with E-state index in [4.69, 9.17) is 10.8 Å². The van der Waals surface area contributed by atoms with Crippen LogP contribution in [0.5, 0.6) is 0 Å². The van der Waals surface area contributed by atoms with Gasteiger partial charge in [0.1, 0.15) is 0 Å². The average molecular weight is 208 g/mol. The molecule has 0 aliphatic carbocycles. The van der Waals surface area contributed by atoms with Gasteiger partial charge in [0.15, 0.2) is 0 Å². The molecule has 0 saturated carbocycles. The maximum absolute atomic E-state index is 10.6. The van der Waals surface area contributed by atoms with Crippen LogP contribution in [0.3, 0.4) is 0 Å². The van der Waals surface area contributed by atoms with Gasteiger partial charge in [0.25, 0.3) is 0 Å². The maximum Gasteiger partial charge on any atom is 0.312 e. The lowest BCUT2D eigenvalue weighted by Crippen LogP contribution is -2.20. The number of hydrogen-bond acceptors (Lipinski definition) is 3. The first-order chi connectivity index (χ1) is 5.25. The molecule has 0 bridgehead atoms. The van der Waals surface area contributed by atoms with E-state index in [0.717, 1.165) is 5.56 Å². The maximum atomic E-state index is 10.6. The second kappa shape index (κ2) is 5.13. The van der Waals surface area contributed by atoms with Gasteiger partial charge in [-0.15, -0.1) is 12.4 Å². The summed E-state index contributed by atoms with van der Waals surface area (Å²) in [7, 11) is 0. The molecule has 1 rings (SSSR count). The molecule has 1 atom stereocenters. The van der Waals surface area contributed by atoms with Crippen molar-refractivity contribution in [3.05, 3.63) is 22.4 Å². The van der Waals surface area contributed by atoms with E-state index >= 15 is 0 Å². The number of carbonyl (C=O) groups is 1. The monoisotopic (exact) mass is 207 g/mol. The van der Waals surface area contributed by atoms with Gasteiger partial charge in [-0.2, -0.15) is 11.3 Å². The summed E-state index contributed by atoms with van der Waals surface area (Å²) in [4.78, 5) is 10.6. The Labute approximate surface area is 80.6 Å². The van der Waals surface area contributed by atoms with Gasteiger partial charge in [-0.3, -0.25) is 4.79 Å². The average Bonchev–Trinajstić information content (AvgIpc) is 2.40. The third-order valence-electron chi connectivity index (χ3n) is 1.48. The predicted octanol–water partition coefficient (Wildman–Crippen LogP) is 1.30. The quantitative estimate of drug-likeness (QED) is 0.786. The number of nitrogens with two attached hydrogens (primary N) is 1. The second-order valence-corrected chi connectivity index (χ2v) is 2.96. The Bertz CT molecular complexity index is 238. The van der Waals surface area contributed by atoms with Crippen molar-refractivity contribution in [2.45, 2.75) is 5.92 Å². The Morgan fingerprint density at radius 3 is 2.75 bits per heavy atom. The minimum atomic E-state index is -0.856. The van der Waals surface area contributed by atoms with Gasteiger partial charge in [0.2, 0.25) is 0 Å². The summed E-state index contributed by atoms with van der Waals surface area (Å²) >= 11 is 1.48. The normalized spacial score (nSPS) is 11.8. The van der Waals surface area contributed by atoms with Gasteiger partial charge in [0.05, 0.1) is 5.92 Å². The zero-order valence-corrected chi connectivity index (χ0v) is 7.90. The standard InChI is InChI=1S/C7H9NO2S.ClH/c8-3-6(7(9)10)5-1-2-11-4-5;/h1-2,4,6H,3,8H2,(H,9,10);1H. The summed E-state index contributed by atoms with van der Waals surface area (Å²) in [5.74, 6) is -1.40. The highest BCUT2D eigenvalue weighted by Crippen LogP contribution is 2.17. The fraction of sp³-hybridized carbons (Fsp3) is 0.286. The predicted molar refractivity (Wildman–Crippen MR) is 51.0 cm³/mol. The van der Waals surface area contributed by atoms with Crippen molar-refractivity contribution in [2.75, 3.05) is 6.54 Å². The van der Waals surface area contributed by atoms with Crippen molar-refractivity contribution in [3.8, 4) is 0 Å². The first-order valence-corrected chi connectivity index (χ1v) is 4.15. The van der Waals surface area contributed by atoms with Crippen LogP contribution in [0.15, 0.2) is 16.8 Å². The smallest absolute Gasteiger partial charge is 0.312 e. The summed E-state index contributed by atoms with van der Waals surface area (Å²) < 4.78 is 0. The number of carboxylic acids is 1. The molecule has 12 heavy (non-hydrogen) atoms. The Kier molecular flexibility index (Phi) is 4.89. The summed E-state index contributed by atoms with van der Waals surface area (Å²) in [6, 6.07) is 1.79. The zero-order chi connectivity index (χ0) is 8.27. The zero-order valence-electron chi connectivity index (χ0n) is 6.27. The van der Waals surface area contributed by atoms with E-state index in [9.17, 15) is 4.79 Å². The molecule has 0 amide bonds. The minimum Gasteiger partial charge on any atom is -0.481 e. The van der Waals surface area contributed by atoms with E-state index in [-0.39, 0.29) is 19.0 Å². The van der Waals surface area contributed by atoms with E-state index in [1.165, 1.54) is 11.3 Å². The summed E-state index contributed by atoms with van der Waals surface area (Å²) in [5.41, 5.74) is 6.08. The van der Waals surface area contributed by atoms with Gasteiger partial charge < -0.3 is 10.8 Å². The Morgan fingerprint density at radius 1 is 1.75 bits per heavy atom. The van der Waals surface area contributed by atoms with E-state index in [0.29, 0.717) is 0 Å². The van der Waals surface area contributed by atoms with E-state index < -0.39 is 11.9 Å². The van der Waals surface area contributed by atoms with Crippen molar-refractivity contribution < 1.29 is 9.90 Å². The topological polar surface area (TPSA) is 63.3 Å². The molecule has 0 aliphatic rings.